The van der Waals surface area contributed by atoms with Gasteiger partial charge in [-0.05, 0) is 63.5 Å². The zero-order chi connectivity index (χ0) is 13.5. The lowest BCUT2D eigenvalue weighted by Gasteiger charge is -2.24. The summed E-state index contributed by atoms with van der Waals surface area (Å²) in [5.41, 5.74) is 1.05. The van der Waals surface area contributed by atoms with Gasteiger partial charge in [-0.3, -0.25) is 0 Å². The highest BCUT2D eigenvalue weighted by molar-refractivity contribution is 5.15. The van der Waals surface area contributed by atoms with Crippen molar-refractivity contribution in [2.75, 3.05) is 20.1 Å². The molecule has 0 spiro atoms. The van der Waals surface area contributed by atoms with Crippen LogP contribution in [0.15, 0.2) is 24.3 Å². The van der Waals surface area contributed by atoms with E-state index in [0.717, 1.165) is 24.7 Å². The molecule has 19 heavy (non-hydrogen) atoms. The molecule has 0 radical (unpaired) electrons. The van der Waals surface area contributed by atoms with E-state index in [1.165, 1.54) is 44.7 Å². The summed E-state index contributed by atoms with van der Waals surface area (Å²) >= 11 is 0. The first-order valence-electron chi connectivity index (χ1n) is 7.40. The van der Waals surface area contributed by atoms with E-state index in [-0.39, 0.29) is 5.82 Å². The van der Waals surface area contributed by atoms with Crippen LogP contribution < -0.4 is 5.32 Å². The summed E-state index contributed by atoms with van der Waals surface area (Å²) in [5, 5.41) is 3.58. The third-order valence-electron chi connectivity index (χ3n) is 3.85. The molecule has 106 valence electrons. The highest BCUT2D eigenvalue weighted by atomic mass is 19.1. The molecular weight excluding hydrogens is 239 g/mol. The molecule has 1 aliphatic rings. The maximum absolute atomic E-state index is 13.1. The standard InChI is InChI=1S/C16H25FN2/c1-19(13-14-6-4-7-15(17)12-14)11-5-9-16-8-2-3-10-18-16/h4,6-7,12,16,18H,2-3,5,8-11,13H2,1H3. The van der Waals surface area contributed by atoms with Crippen LogP contribution in [0.1, 0.15) is 37.7 Å². The van der Waals surface area contributed by atoms with Crippen LogP contribution in [0, 0.1) is 5.82 Å². The van der Waals surface area contributed by atoms with E-state index < -0.39 is 0 Å². The summed E-state index contributed by atoms with van der Waals surface area (Å²) in [6, 6.07) is 7.61. The molecule has 1 saturated heterocycles. The lowest BCUT2D eigenvalue weighted by Crippen LogP contribution is -2.34. The number of halogens is 1. The Morgan fingerprint density at radius 1 is 1.37 bits per heavy atom. The van der Waals surface area contributed by atoms with Crippen molar-refractivity contribution in [3.8, 4) is 0 Å². The summed E-state index contributed by atoms with van der Waals surface area (Å²) < 4.78 is 13.1. The Bertz CT molecular complexity index is 375. The number of rotatable bonds is 6. The summed E-state index contributed by atoms with van der Waals surface area (Å²) in [5.74, 6) is -0.141. The van der Waals surface area contributed by atoms with Crippen molar-refractivity contribution in [3.05, 3.63) is 35.6 Å². The Hall–Kier alpha value is -0.930. The Kier molecular flexibility index (Phi) is 5.80. The van der Waals surface area contributed by atoms with E-state index in [2.05, 4.69) is 17.3 Å². The minimum absolute atomic E-state index is 0.141. The smallest absolute Gasteiger partial charge is 0.123 e. The van der Waals surface area contributed by atoms with E-state index in [4.69, 9.17) is 0 Å². The second kappa shape index (κ2) is 7.61. The van der Waals surface area contributed by atoms with Crippen molar-refractivity contribution < 1.29 is 4.39 Å². The third kappa shape index (κ3) is 5.29. The maximum Gasteiger partial charge on any atom is 0.123 e. The van der Waals surface area contributed by atoms with Crippen LogP contribution in [0.4, 0.5) is 4.39 Å². The van der Waals surface area contributed by atoms with E-state index >= 15 is 0 Å². The maximum atomic E-state index is 13.1. The SMILES string of the molecule is CN(CCCC1CCCCN1)Cc1cccc(F)c1. The molecule has 1 aromatic rings. The lowest BCUT2D eigenvalue weighted by molar-refractivity contribution is 0.297. The Balaban J connectivity index is 1.65. The van der Waals surface area contributed by atoms with Gasteiger partial charge in [-0.1, -0.05) is 18.6 Å². The number of hydrogen-bond acceptors (Lipinski definition) is 2. The molecule has 1 N–H and O–H groups in total. The molecule has 0 aromatic heterocycles. The normalized spacial score (nSPS) is 19.8. The first-order chi connectivity index (χ1) is 9.24. The number of nitrogens with zero attached hydrogens (tertiary/aromatic N) is 1. The minimum atomic E-state index is -0.141. The number of piperidine rings is 1. The molecular formula is C16H25FN2. The van der Waals surface area contributed by atoms with Gasteiger partial charge in [-0.15, -0.1) is 0 Å². The average molecular weight is 264 g/mol. The van der Waals surface area contributed by atoms with E-state index in [9.17, 15) is 4.39 Å². The van der Waals surface area contributed by atoms with Crippen LogP contribution in [0.2, 0.25) is 0 Å². The highest BCUT2D eigenvalue weighted by Crippen LogP contribution is 2.12. The lowest BCUT2D eigenvalue weighted by atomic mass is 10.0. The number of nitrogens with one attached hydrogen (secondary N) is 1. The molecule has 1 heterocycles. The van der Waals surface area contributed by atoms with Crippen LogP contribution in [-0.4, -0.2) is 31.1 Å². The Labute approximate surface area is 116 Å². The van der Waals surface area contributed by atoms with Gasteiger partial charge in [-0.2, -0.15) is 0 Å². The summed E-state index contributed by atoms with van der Waals surface area (Å²) in [6.45, 7) is 3.09. The second-order valence-electron chi connectivity index (χ2n) is 5.66. The van der Waals surface area contributed by atoms with Crippen molar-refractivity contribution in [1.82, 2.24) is 10.2 Å². The molecule has 3 heteroatoms. The molecule has 0 saturated carbocycles. The molecule has 0 amide bonds. The topological polar surface area (TPSA) is 15.3 Å². The Morgan fingerprint density at radius 2 is 2.26 bits per heavy atom. The summed E-state index contributed by atoms with van der Waals surface area (Å²) in [7, 11) is 2.11. The molecule has 1 aliphatic heterocycles. The molecule has 2 nitrogen and oxygen atoms in total. The van der Waals surface area contributed by atoms with Gasteiger partial charge in [0.1, 0.15) is 5.82 Å². The zero-order valence-electron chi connectivity index (χ0n) is 11.9. The number of hydrogen-bond donors (Lipinski definition) is 1. The summed E-state index contributed by atoms with van der Waals surface area (Å²) in [6.07, 6.45) is 6.50. The van der Waals surface area contributed by atoms with E-state index in [1.807, 2.05) is 6.07 Å². The molecule has 0 bridgehead atoms. The third-order valence-corrected chi connectivity index (χ3v) is 3.85. The van der Waals surface area contributed by atoms with Crippen LogP contribution in [0.5, 0.6) is 0 Å². The van der Waals surface area contributed by atoms with Crippen molar-refractivity contribution in [2.45, 2.75) is 44.7 Å². The fraction of sp³-hybridized carbons (Fsp3) is 0.625. The van der Waals surface area contributed by atoms with Crippen molar-refractivity contribution >= 4 is 0 Å². The van der Waals surface area contributed by atoms with Gasteiger partial charge in [0.05, 0.1) is 0 Å². The molecule has 1 aromatic carbocycles. The minimum Gasteiger partial charge on any atom is -0.314 e. The molecule has 1 unspecified atom stereocenters. The van der Waals surface area contributed by atoms with Crippen molar-refractivity contribution in [2.24, 2.45) is 0 Å². The van der Waals surface area contributed by atoms with Crippen LogP contribution in [0.25, 0.3) is 0 Å². The summed E-state index contributed by atoms with van der Waals surface area (Å²) in [4.78, 5) is 2.28. The first-order valence-corrected chi connectivity index (χ1v) is 7.40. The quantitative estimate of drug-likeness (QED) is 0.849. The van der Waals surface area contributed by atoms with Crippen LogP contribution in [0.3, 0.4) is 0 Å². The second-order valence-corrected chi connectivity index (χ2v) is 5.66. The first kappa shape index (κ1) is 14.5. The largest absolute Gasteiger partial charge is 0.314 e. The molecule has 2 rings (SSSR count). The van der Waals surface area contributed by atoms with Gasteiger partial charge in [0.25, 0.3) is 0 Å². The van der Waals surface area contributed by atoms with Gasteiger partial charge >= 0.3 is 0 Å². The van der Waals surface area contributed by atoms with Crippen LogP contribution in [-0.2, 0) is 6.54 Å². The van der Waals surface area contributed by atoms with Gasteiger partial charge in [0.2, 0.25) is 0 Å². The predicted octanol–water partition coefficient (Wildman–Crippen LogP) is 3.18. The van der Waals surface area contributed by atoms with Gasteiger partial charge in [-0.25, -0.2) is 4.39 Å². The van der Waals surface area contributed by atoms with Crippen molar-refractivity contribution in [3.63, 3.8) is 0 Å². The fourth-order valence-electron chi connectivity index (χ4n) is 2.80. The van der Waals surface area contributed by atoms with Crippen molar-refractivity contribution in [1.29, 1.82) is 0 Å². The molecule has 1 atom stereocenters. The van der Waals surface area contributed by atoms with Gasteiger partial charge in [0.15, 0.2) is 0 Å². The van der Waals surface area contributed by atoms with Gasteiger partial charge < -0.3 is 10.2 Å². The number of benzene rings is 1. The molecule has 0 aliphatic carbocycles. The monoisotopic (exact) mass is 264 g/mol. The highest BCUT2D eigenvalue weighted by Gasteiger charge is 2.12. The Morgan fingerprint density at radius 3 is 3.00 bits per heavy atom. The molecule has 1 fully saturated rings. The van der Waals surface area contributed by atoms with Gasteiger partial charge in [0, 0.05) is 12.6 Å². The zero-order valence-corrected chi connectivity index (χ0v) is 11.9. The van der Waals surface area contributed by atoms with E-state index in [0.29, 0.717) is 0 Å². The predicted molar refractivity (Wildman–Crippen MR) is 77.6 cm³/mol. The van der Waals surface area contributed by atoms with E-state index in [1.54, 1.807) is 12.1 Å². The van der Waals surface area contributed by atoms with Crippen LogP contribution >= 0.6 is 0 Å². The fourth-order valence-corrected chi connectivity index (χ4v) is 2.80. The average Bonchev–Trinajstić information content (AvgIpc) is 2.40.